The van der Waals surface area contributed by atoms with Gasteiger partial charge in [0.25, 0.3) is 0 Å². The fourth-order valence-electron chi connectivity index (χ4n) is 4.69. The average Bonchev–Trinajstić information content (AvgIpc) is 3.40. The molecule has 4 aromatic rings. The topological polar surface area (TPSA) is 119 Å². The van der Waals surface area contributed by atoms with E-state index in [0.29, 0.717) is 10.1 Å². The van der Waals surface area contributed by atoms with Crippen molar-refractivity contribution < 1.29 is 27.2 Å². The van der Waals surface area contributed by atoms with Crippen molar-refractivity contribution in [3.05, 3.63) is 52.9 Å². The van der Waals surface area contributed by atoms with Crippen LogP contribution in [0.15, 0.2) is 47.3 Å². The van der Waals surface area contributed by atoms with Gasteiger partial charge in [-0.05, 0) is 46.3 Å². The number of nitrogens with one attached hydrogen (secondary N) is 1. The van der Waals surface area contributed by atoms with E-state index in [4.69, 9.17) is 5.73 Å². The Balaban J connectivity index is 1.40. The van der Waals surface area contributed by atoms with Crippen LogP contribution in [-0.2, 0) is 22.3 Å². The third-order valence-corrected chi connectivity index (χ3v) is 6.83. The molecule has 5 rings (SSSR count). The molecular weight excluding hydrogens is 574 g/mol. The number of nitrogens with two attached hydrogens (primary N) is 1. The monoisotopic (exact) mass is 593 g/mol. The minimum absolute atomic E-state index is 0.00195. The number of rotatable bonds is 5. The lowest BCUT2D eigenvalue weighted by Crippen LogP contribution is -2.43. The van der Waals surface area contributed by atoms with Gasteiger partial charge in [0, 0.05) is 24.8 Å². The van der Waals surface area contributed by atoms with Crippen LogP contribution in [0, 0.1) is 0 Å². The second-order valence-electron chi connectivity index (χ2n) is 8.82. The zero-order valence-electron chi connectivity index (χ0n) is 19.5. The van der Waals surface area contributed by atoms with Crippen molar-refractivity contribution in [2.24, 2.45) is 0 Å². The SMILES string of the molecule is Nc1ncnc2c1c1cc(C(F)(F)F)ccc1n2CCC(=O)N1C[C@H](F)C[C@H]1C(=O)Nc1cccc(Br)n1. The van der Waals surface area contributed by atoms with Crippen molar-refractivity contribution in [1.29, 1.82) is 0 Å². The first-order chi connectivity index (χ1) is 18.0. The molecule has 1 fully saturated rings. The highest BCUT2D eigenvalue weighted by Gasteiger charge is 2.40. The van der Waals surface area contributed by atoms with Crippen molar-refractivity contribution in [3.8, 4) is 0 Å². The summed E-state index contributed by atoms with van der Waals surface area (Å²) in [4.78, 5) is 39.4. The highest BCUT2D eigenvalue weighted by molar-refractivity contribution is 9.10. The standard InChI is InChI=1S/C24H20BrF4N7O2/c25-17-2-1-3-18(33-17)34-23(38)16-9-13(26)10-36(16)19(37)6-7-35-15-5-4-12(24(27,28)29)8-14(15)20-21(30)31-11-32-22(20)35/h1-5,8,11,13,16H,6-7,9-10H2,(H2,30,31,32)(H,33,34,38)/t13-,16+/m1/s1. The molecule has 0 radical (unpaired) electrons. The summed E-state index contributed by atoms with van der Waals surface area (Å²) >= 11 is 3.21. The number of likely N-dealkylation sites (tertiary alicyclic amines) is 1. The number of hydrogen-bond donors (Lipinski definition) is 2. The number of halogens is 5. The van der Waals surface area contributed by atoms with Crippen LogP contribution in [0.25, 0.3) is 21.9 Å². The quantitative estimate of drug-likeness (QED) is 0.263. The number of benzene rings is 1. The number of aryl methyl sites for hydroxylation is 1. The van der Waals surface area contributed by atoms with Crippen molar-refractivity contribution in [1.82, 2.24) is 24.4 Å². The molecule has 0 spiro atoms. The molecule has 1 aliphatic rings. The van der Waals surface area contributed by atoms with Gasteiger partial charge in [0.05, 0.1) is 23.0 Å². The van der Waals surface area contributed by atoms with Gasteiger partial charge in [-0.2, -0.15) is 13.2 Å². The fraction of sp³-hybridized carbons (Fsp3) is 0.292. The summed E-state index contributed by atoms with van der Waals surface area (Å²) in [6.07, 6.45) is -5.08. The first-order valence-corrected chi connectivity index (χ1v) is 12.3. The van der Waals surface area contributed by atoms with Crippen LogP contribution in [0.1, 0.15) is 18.4 Å². The summed E-state index contributed by atoms with van der Waals surface area (Å²) in [6, 6.07) is 7.07. The zero-order chi connectivity index (χ0) is 27.2. The van der Waals surface area contributed by atoms with Crippen LogP contribution in [0.3, 0.4) is 0 Å². The van der Waals surface area contributed by atoms with E-state index >= 15 is 0 Å². The van der Waals surface area contributed by atoms with Crippen LogP contribution in [0.4, 0.5) is 29.2 Å². The number of pyridine rings is 1. The van der Waals surface area contributed by atoms with E-state index in [0.717, 1.165) is 12.1 Å². The van der Waals surface area contributed by atoms with E-state index in [1.54, 1.807) is 22.8 Å². The lowest BCUT2D eigenvalue weighted by Gasteiger charge is -2.23. The minimum atomic E-state index is -4.57. The van der Waals surface area contributed by atoms with Gasteiger partial charge in [-0.25, -0.2) is 19.3 Å². The molecule has 1 aliphatic heterocycles. The molecule has 38 heavy (non-hydrogen) atoms. The number of fused-ring (bicyclic) bond motifs is 3. The molecule has 2 amide bonds. The summed E-state index contributed by atoms with van der Waals surface area (Å²) in [6.45, 7) is -0.240. The molecule has 0 bridgehead atoms. The molecule has 0 saturated carbocycles. The molecule has 0 aliphatic carbocycles. The summed E-state index contributed by atoms with van der Waals surface area (Å²) in [7, 11) is 0. The summed E-state index contributed by atoms with van der Waals surface area (Å²) < 4.78 is 56.5. The molecule has 4 heterocycles. The number of carbonyl (C=O) groups excluding carboxylic acids is 2. The molecule has 1 saturated heterocycles. The number of nitrogen functional groups attached to an aromatic ring is 1. The van der Waals surface area contributed by atoms with Crippen LogP contribution in [0.2, 0.25) is 0 Å². The number of aromatic nitrogens is 4. The maximum Gasteiger partial charge on any atom is 0.416 e. The number of carbonyl (C=O) groups is 2. The Labute approximate surface area is 221 Å². The third kappa shape index (κ3) is 4.87. The molecular formula is C24H20BrF4N7O2. The van der Waals surface area contributed by atoms with E-state index in [-0.39, 0.29) is 54.0 Å². The minimum Gasteiger partial charge on any atom is -0.383 e. The number of nitrogens with zero attached hydrogens (tertiary/aromatic N) is 5. The molecule has 198 valence electrons. The van der Waals surface area contributed by atoms with Crippen molar-refractivity contribution in [3.63, 3.8) is 0 Å². The Hall–Kier alpha value is -3.81. The predicted octanol–water partition coefficient (Wildman–Crippen LogP) is 4.31. The molecule has 0 unspecified atom stereocenters. The number of amides is 2. The Morgan fingerprint density at radius 3 is 2.71 bits per heavy atom. The molecule has 3 N–H and O–H groups in total. The number of alkyl halides is 4. The molecule has 2 atom stereocenters. The van der Waals surface area contributed by atoms with Gasteiger partial charge in [-0.15, -0.1) is 0 Å². The Kier molecular flexibility index (Phi) is 6.67. The van der Waals surface area contributed by atoms with E-state index in [9.17, 15) is 27.2 Å². The predicted molar refractivity (Wildman–Crippen MR) is 135 cm³/mol. The largest absolute Gasteiger partial charge is 0.416 e. The normalized spacial score (nSPS) is 17.9. The maximum absolute atomic E-state index is 14.3. The van der Waals surface area contributed by atoms with Crippen LogP contribution in [0.5, 0.6) is 0 Å². The van der Waals surface area contributed by atoms with E-state index < -0.39 is 35.8 Å². The van der Waals surface area contributed by atoms with Gasteiger partial charge in [0.1, 0.15) is 40.4 Å². The molecule has 3 aromatic heterocycles. The smallest absolute Gasteiger partial charge is 0.383 e. The molecule has 1 aromatic carbocycles. The Morgan fingerprint density at radius 1 is 1.18 bits per heavy atom. The first-order valence-electron chi connectivity index (χ1n) is 11.5. The van der Waals surface area contributed by atoms with Gasteiger partial charge in [0.15, 0.2) is 0 Å². The van der Waals surface area contributed by atoms with Gasteiger partial charge >= 0.3 is 6.18 Å². The number of anilines is 2. The highest BCUT2D eigenvalue weighted by Crippen LogP contribution is 2.36. The second kappa shape index (κ2) is 9.82. The van der Waals surface area contributed by atoms with Crippen LogP contribution < -0.4 is 11.1 Å². The maximum atomic E-state index is 14.3. The van der Waals surface area contributed by atoms with E-state index in [2.05, 4.69) is 36.2 Å². The Morgan fingerprint density at radius 2 is 1.97 bits per heavy atom. The van der Waals surface area contributed by atoms with Gasteiger partial charge in [-0.1, -0.05) is 6.07 Å². The van der Waals surface area contributed by atoms with Crippen molar-refractivity contribution >= 4 is 61.3 Å². The van der Waals surface area contributed by atoms with E-state index in [1.807, 2.05) is 0 Å². The summed E-state index contributed by atoms with van der Waals surface area (Å²) in [5.41, 5.74) is 5.76. The highest BCUT2D eigenvalue weighted by atomic mass is 79.9. The van der Waals surface area contributed by atoms with Gasteiger partial charge < -0.3 is 20.5 Å². The zero-order valence-corrected chi connectivity index (χ0v) is 21.1. The summed E-state index contributed by atoms with van der Waals surface area (Å²) in [5.74, 6) is -0.806. The fourth-order valence-corrected chi connectivity index (χ4v) is 5.03. The van der Waals surface area contributed by atoms with E-state index in [1.165, 1.54) is 17.3 Å². The average molecular weight is 594 g/mol. The van der Waals surface area contributed by atoms with Gasteiger partial charge in [0.2, 0.25) is 11.8 Å². The third-order valence-electron chi connectivity index (χ3n) is 6.38. The van der Waals surface area contributed by atoms with Crippen molar-refractivity contribution in [2.75, 3.05) is 17.6 Å². The molecule has 9 nitrogen and oxygen atoms in total. The van der Waals surface area contributed by atoms with Gasteiger partial charge in [-0.3, -0.25) is 9.59 Å². The van der Waals surface area contributed by atoms with Crippen LogP contribution in [-0.4, -0.2) is 55.0 Å². The lowest BCUT2D eigenvalue weighted by molar-refractivity contribution is -0.137. The second-order valence-corrected chi connectivity index (χ2v) is 9.63. The first kappa shape index (κ1) is 25.8. The molecule has 14 heteroatoms. The van der Waals surface area contributed by atoms with Crippen LogP contribution >= 0.6 is 15.9 Å². The summed E-state index contributed by atoms with van der Waals surface area (Å²) in [5, 5.41) is 3.04. The lowest BCUT2D eigenvalue weighted by atomic mass is 10.1. The van der Waals surface area contributed by atoms with Crippen molar-refractivity contribution in [2.45, 2.75) is 37.8 Å². The number of hydrogen-bond acceptors (Lipinski definition) is 6. The Bertz CT molecular complexity index is 1560.